The fourth-order valence-electron chi connectivity index (χ4n) is 4.22. The van der Waals surface area contributed by atoms with Crippen molar-refractivity contribution >= 4 is 23.1 Å². The van der Waals surface area contributed by atoms with E-state index in [1.165, 1.54) is 0 Å². The van der Waals surface area contributed by atoms with Crippen molar-refractivity contribution in [2.24, 2.45) is 5.41 Å². The first kappa shape index (κ1) is 20.6. The van der Waals surface area contributed by atoms with Gasteiger partial charge in [-0.25, -0.2) is 4.79 Å². The van der Waals surface area contributed by atoms with Gasteiger partial charge in [-0.15, -0.1) is 11.3 Å². The molecule has 1 aliphatic carbocycles. The SMILES string of the molecule is CCCOC(=O)C1=CNC2=C(C(=O)CC(C)(C)C2)C1c1ccc(-c2ccccc2)s1. The zero-order valence-corrected chi connectivity index (χ0v) is 18.5. The second-order valence-corrected chi connectivity index (χ2v) is 9.83. The standard InChI is InChI=1S/C25H27NO3S/c1-4-12-29-24(28)17-15-26-18-13-25(2,3)14-19(27)23(18)22(17)21-11-10-20(30-21)16-8-6-5-7-9-16/h5-11,15,22,26H,4,12-14H2,1-3H3. The van der Waals surface area contributed by atoms with Gasteiger partial charge >= 0.3 is 5.97 Å². The Labute approximate surface area is 181 Å². The van der Waals surface area contributed by atoms with Crippen LogP contribution in [0.15, 0.2) is 65.5 Å². The summed E-state index contributed by atoms with van der Waals surface area (Å²) in [5, 5.41) is 3.25. The Morgan fingerprint density at radius 1 is 1.17 bits per heavy atom. The highest BCUT2D eigenvalue weighted by atomic mass is 32.1. The number of ether oxygens (including phenoxy) is 1. The molecule has 0 fully saturated rings. The molecular weight excluding hydrogens is 394 g/mol. The van der Waals surface area contributed by atoms with Gasteiger partial charge < -0.3 is 10.1 Å². The predicted molar refractivity (Wildman–Crippen MR) is 120 cm³/mol. The molecule has 0 saturated carbocycles. The molecule has 1 aliphatic heterocycles. The topological polar surface area (TPSA) is 55.4 Å². The van der Waals surface area contributed by atoms with Crippen molar-refractivity contribution in [2.45, 2.75) is 46.0 Å². The number of ketones is 1. The van der Waals surface area contributed by atoms with Gasteiger partial charge in [-0.1, -0.05) is 51.1 Å². The van der Waals surface area contributed by atoms with Crippen LogP contribution in [0.1, 0.15) is 50.8 Å². The number of thiophene rings is 1. The molecule has 0 saturated heterocycles. The lowest BCUT2D eigenvalue weighted by Gasteiger charge is -2.37. The molecule has 1 atom stereocenters. The molecule has 5 heteroatoms. The van der Waals surface area contributed by atoms with Gasteiger partial charge in [-0.2, -0.15) is 0 Å². The Morgan fingerprint density at radius 2 is 1.93 bits per heavy atom. The summed E-state index contributed by atoms with van der Waals surface area (Å²) in [7, 11) is 0. The maximum atomic E-state index is 13.2. The minimum absolute atomic E-state index is 0.0911. The summed E-state index contributed by atoms with van der Waals surface area (Å²) in [4.78, 5) is 28.2. The molecule has 30 heavy (non-hydrogen) atoms. The highest BCUT2D eigenvalue weighted by molar-refractivity contribution is 7.15. The molecular formula is C25H27NO3S. The van der Waals surface area contributed by atoms with Crippen LogP contribution in [0.4, 0.5) is 0 Å². The summed E-state index contributed by atoms with van der Waals surface area (Å²) < 4.78 is 5.45. The van der Waals surface area contributed by atoms with Crippen molar-refractivity contribution in [3.05, 3.63) is 70.4 Å². The van der Waals surface area contributed by atoms with Gasteiger partial charge in [0, 0.05) is 33.6 Å². The van der Waals surface area contributed by atoms with E-state index in [2.05, 4.69) is 37.4 Å². The second-order valence-electron chi connectivity index (χ2n) is 8.71. The maximum absolute atomic E-state index is 13.2. The van der Waals surface area contributed by atoms with Gasteiger partial charge in [-0.3, -0.25) is 4.79 Å². The number of rotatable bonds is 5. The number of Topliss-reactive ketones (excluding diaryl/α,β-unsaturated/α-hetero) is 1. The number of carbonyl (C=O) groups excluding carboxylic acids is 2. The van der Waals surface area contributed by atoms with Gasteiger partial charge in [0.2, 0.25) is 0 Å². The minimum atomic E-state index is -0.378. The van der Waals surface area contributed by atoms with Crippen molar-refractivity contribution in [2.75, 3.05) is 6.61 Å². The monoisotopic (exact) mass is 421 g/mol. The van der Waals surface area contributed by atoms with Crippen LogP contribution < -0.4 is 5.32 Å². The van der Waals surface area contributed by atoms with Crippen LogP contribution in [0.5, 0.6) is 0 Å². The van der Waals surface area contributed by atoms with E-state index >= 15 is 0 Å². The number of nitrogens with one attached hydrogen (secondary N) is 1. The quantitative estimate of drug-likeness (QED) is 0.640. The van der Waals surface area contributed by atoms with Gasteiger partial charge in [0.15, 0.2) is 5.78 Å². The maximum Gasteiger partial charge on any atom is 0.336 e. The number of hydrogen-bond donors (Lipinski definition) is 1. The number of dihydropyridines is 1. The first-order chi connectivity index (χ1) is 14.4. The van der Waals surface area contributed by atoms with Crippen LogP contribution in [0.25, 0.3) is 10.4 Å². The third-order valence-corrected chi connectivity index (χ3v) is 6.76. The zero-order valence-electron chi connectivity index (χ0n) is 17.7. The minimum Gasteiger partial charge on any atom is -0.462 e. The Balaban J connectivity index is 1.76. The Bertz CT molecular complexity index is 1030. The summed E-state index contributed by atoms with van der Waals surface area (Å²) in [6.45, 7) is 6.56. The van der Waals surface area contributed by atoms with E-state index < -0.39 is 0 Å². The molecule has 0 radical (unpaired) electrons. The van der Waals surface area contributed by atoms with E-state index in [0.717, 1.165) is 39.4 Å². The first-order valence-corrected chi connectivity index (χ1v) is 11.3. The Kier molecular flexibility index (Phi) is 5.65. The van der Waals surface area contributed by atoms with Crippen LogP contribution in [-0.4, -0.2) is 18.4 Å². The van der Waals surface area contributed by atoms with Crippen LogP contribution in [0, 0.1) is 5.41 Å². The summed E-state index contributed by atoms with van der Waals surface area (Å²) in [6, 6.07) is 14.3. The molecule has 2 heterocycles. The molecule has 4 nitrogen and oxygen atoms in total. The van der Waals surface area contributed by atoms with E-state index in [-0.39, 0.29) is 23.1 Å². The normalized spacial score (nSPS) is 20.3. The summed E-state index contributed by atoms with van der Waals surface area (Å²) >= 11 is 1.63. The molecule has 156 valence electrons. The van der Waals surface area contributed by atoms with Crippen molar-refractivity contribution in [1.82, 2.24) is 5.32 Å². The zero-order chi connectivity index (χ0) is 21.3. The van der Waals surface area contributed by atoms with E-state index in [0.29, 0.717) is 18.6 Å². The molecule has 0 bridgehead atoms. The molecule has 1 aromatic heterocycles. The summed E-state index contributed by atoms with van der Waals surface area (Å²) in [5.74, 6) is -0.618. The van der Waals surface area contributed by atoms with Gasteiger partial charge in [0.25, 0.3) is 0 Å². The molecule has 0 spiro atoms. The molecule has 0 amide bonds. The highest BCUT2D eigenvalue weighted by Crippen LogP contribution is 2.47. The Hall–Kier alpha value is -2.66. The van der Waals surface area contributed by atoms with Gasteiger partial charge in [0.1, 0.15) is 0 Å². The molecule has 4 rings (SSSR count). The van der Waals surface area contributed by atoms with Crippen LogP contribution in [0.3, 0.4) is 0 Å². The number of hydrogen-bond acceptors (Lipinski definition) is 5. The first-order valence-electron chi connectivity index (χ1n) is 10.4. The molecule has 2 aliphatic rings. The number of benzene rings is 1. The number of esters is 1. The van der Waals surface area contributed by atoms with E-state index in [4.69, 9.17) is 4.74 Å². The molecule has 1 aromatic carbocycles. The fraction of sp³-hybridized carbons (Fsp3) is 0.360. The van der Waals surface area contributed by atoms with Crippen molar-refractivity contribution in [3.63, 3.8) is 0 Å². The van der Waals surface area contributed by atoms with Crippen molar-refractivity contribution in [3.8, 4) is 10.4 Å². The number of carbonyl (C=O) groups is 2. The Morgan fingerprint density at radius 3 is 2.67 bits per heavy atom. The lowest BCUT2D eigenvalue weighted by molar-refractivity contribution is -0.139. The fourth-order valence-corrected chi connectivity index (χ4v) is 5.36. The number of allylic oxidation sites excluding steroid dienone is 2. The van der Waals surface area contributed by atoms with Crippen LogP contribution in [0.2, 0.25) is 0 Å². The largest absolute Gasteiger partial charge is 0.462 e. The van der Waals surface area contributed by atoms with E-state index in [1.54, 1.807) is 17.5 Å². The third kappa shape index (κ3) is 3.99. The lowest BCUT2D eigenvalue weighted by atomic mass is 9.70. The average Bonchev–Trinajstić information content (AvgIpc) is 3.21. The second kappa shape index (κ2) is 8.23. The van der Waals surface area contributed by atoms with Crippen LogP contribution in [-0.2, 0) is 14.3 Å². The highest BCUT2D eigenvalue weighted by Gasteiger charge is 2.42. The van der Waals surface area contributed by atoms with Crippen molar-refractivity contribution < 1.29 is 14.3 Å². The van der Waals surface area contributed by atoms with Crippen molar-refractivity contribution in [1.29, 1.82) is 0 Å². The molecule has 2 aromatic rings. The van der Waals surface area contributed by atoms with E-state index in [9.17, 15) is 9.59 Å². The summed E-state index contributed by atoms with van der Waals surface area (Å²) in [6.07, 6.45) is 3.78. The smallest absolute Gasteiger partial charge is 0.336 e. The predicted octanol–water partition coefficient (Wildman–Crippen LogP) is 5.58. The van der Waals surface area contributed by atoms with Gasteiger partial charge in [0.05, 0.1) is 18.1 Å². The average molecular weight is 422 g/mol. The summed E-state index contributed by atoms with van der Waals surface area (Å²) in [5.41, 5.74) is 3.21. The molecule has 1 N–H and O–H groups in total. The van der Waals surface area contributed by atoms with Crippen LogP contribution >= 0.6 is 11.3 Å². The van der Waals surface area contributed by atoms with E-state index in [1.807, 2.05) is 31.2 Å². The van der Waals surface area contributed by atoms with Gasteiger partial charge in [-0.05, 0) is 36.0 Å². The lowest BCUT2D eigenvalue weighted by Crippen LogP contribution is -2.36. The third-order valence-electron chi connectivity index (χ3n) is 5.56. The molecule has 1 unspecified atom stereocenters.